The summed E-state index contributed by atoms with van der Waals surface area (Å²) in [5.74, 6) is 3.98. The molecule has 0 aliphatic heterocycles. The Morgan fingerprint density at radius 2 is 1.60 bits per heavy atom. The van der Waals surface area contributed by atoms with Gasteiger partial charge >= 0.3 is 5.97 Å². The van der Waals surface area contributed by atoms with Crippen LogP contribution in [0, 0.1) is 34.5 Å². The normalized spacial score (nSPS) is 36.6. The highest BCUT2D eigenvalue weighted by molar-refractivity contribution is 6.18. The maximum atomic E-state index is 12.9. The van der Waals surface area contributed by atoms with Crippen LogP contribution in [-0.4, -0.2) is 48.9 Å². The van der Waals surface area contributed by atoms with Crippen molar-refractivity contribution >= 4 is 40.8 Å². The summed E-state index contributed by atoms with van der Waals surface area (Å²) in [6, 6.07) is 8.46. The van der Waals surface area contributed by atoms with Crippen LogP contribution >= 0.6 is 23.2 Å². The predicted molar refractivity (Wildman–Crippen MR) is 163 cm³/mol. The molecule has 5 rings (SSSR count). The number of nitrogens with zero attached hydrogens (tertiary/aromatic N) is 1. The molecule has 4 aliphatic carbocycles. The van der Waals surface area contributed by atoms with Crippen LogP contribution < -0.4 is 10.2 Å². The summed E-state index contributed by atoms with van der Waals surface area (Å²) in [6.07, 6.45) is 10.9. The average Bonchev–Trinajstić information content (AvgIpc) is 3.24. The molecule has 1 N–H and O–H groups in total. The van der Waals surface area contributed by atoms with Gasteiger partial charge in [-0.15, -0.1) is 23.2 Å². The first kappa shape index (κ1) is 30.0. The monoisotopic (exact) mass is 590 g/mol. The first-order chi connectivity index (χ1) is 19.2. The lowest BCUT2D eigenvalue weighted by molar-refractivity contribution is -0.161. The van der Waals surface area contributed by atoms with Crippen LogP contribution in [-0.2, 0) is 20.7 Å². The fourth-order valence-electron chi connectivity index (χ4n) is 9.60. The maximum Gasteiger partial charge on any atom is 0.310 e. The van der Waals surface area contributed by atoms with E-state index < -0.39 is 0 Å². The minimum Gasteiger partial charge on any atom is -0.462 e. The molecule has 4 saturated carbocycles. The average molecular weight is 592 g/mol. The lowest BCUT2D eigenvalue weighted by atomic mass is 9.45. The van der Waals surface area contributed by atoms with Gasteiger partial charge in [-0.2, -0.15) is 0 Å². The van der Waals surface area contributed by atoms with Crippen LogP contribution in [0.15, 0.2) is 24.3 Å². The van der Waals surface area contributed by atoms with Crippen LogP contribution in [0.4, 0.5) is 5.69 Å². The van der Waals surface area contributed by atoms with Crippen molar-refractivity contribution < 1.29 is 14.3 Å². The number of hydrogen-bond donors (Lipinski definition) is 1. The smallest absolute Gasteiger partial charge is 0.310 e. The maximum absolute atomic E-state index is 12.9. The highest BCUT2D eigenvalue weighted by Gasteiger charge is 2.60. The number of anilines is 1. The van der Waals surface area contributed by atoms with Gasteiger partial charge in [-0.25, -0.2) is 0 Å². The van der Waals surface area contributed by atoms with Crippen molar-refractivity contribution in [3.8, 4) is 0 Å². The third kappa shape index (κ3) is 5.89. The Bertz CT molecular complexity index is 1040. The first-order valence-electron chi connectivity index (χ1n) is 15.6. The number of halogens is 2. The predicted octanol–water partition coefficient (Wildman–Crippen LogP) is 6.97. The number of hydrogen-bond acceptors (Lipinski definition) is 4. The minimum atomic E-state index is -0.114. The largest absolute Gasteiger partial charge is 0.462 e. The molecule has 0 unspecified atom stereocenters. The van der Waals surface area contributed by atoms with E-state index in [1.165, 1.54) is 32.1 Å². The Hall–Kier alpha value is -1.46. The first-order valence-corrected chi connectivity index (χ1v) is 16.7. The number of carbonyl (C=O) groups is 2. The standard InChI is InChI=1S/C33H48Cl2N2O3/c1-22(38)36-30-11-10-28-27-9-6-24-21-26(12-14-32(24,2)29(27)13-15-33(28,30)3)40-31(39)20-23-4-7-25(8-5-23)37(18-16-34)19-17-35/h4-5,7-8,24,26-30H,6,9-21H2,1-3H3,(H,36,38)/t24-,26-,27-,28-,29-,30-,32-,33-/m0/s1. The zero-order valence-electron chi connectivity index (χ0n) is 24.6. The molecule has 5 nitrogen and oxygen atoms in total. The van der Waals surface area contributed by atoms with Crippen molar-refractivity contribution in [2.45, 2.75) is 97.1 Å². The SMILES string of the molecule is CC(=O)N[C@H]1CC[C@H]2[C@@H]3CC[C@H]4C[C@@H](OC(=O)Cc5ccc(N(CCCl)CCCl)cc5)CC[C@]4(C)[C@H]3CC[C@]12C. The molecule has 0 radical (unpaired) electrons. The minimum absolute atomic E-state index is 0.0359. The summed E-state index contributed by atoms with van der Waals surface area (Å²) in [7, 11) is 0. The quantitative estimate of drug-likeness (QED) is 0.249. The zero-order valence-corrected chi connectivity index (χ0v) is 26.1. The molecule has 0 heterocycles. The second-order valence-electron chi connectivity index (χ2n) is 13.6. The Labute approximate surface area is 251 Å². The molecule has 1 aromatic rings. The highest BCUT2D eigenvalue weighted by Crippen LogP contribution is 2.66. The number of rotatable bonds is 9. The fourth-order valence-corrected chi connectivity index (χ4v) is 10.0. The number of amides is 1. The van der Waals surface area contributed by atoms with Gasteiger partial charge in [0, 0.05) is 43.5 Å². The highest BCUT2D eigenvalue weighted by atomic mass is 35.5. The van der Waals surface area contributed by atoms with Crippen molar-refractivity contribution in [3.63, 3.8) is 0 Å². The topological polar surface area (TPSA) is 58.6 Å². The van der Waals surface area contributed by atoms with E-state index in [-0.39, 0.29) is 23.4 Å². The molecular formula is C33H48Cl2N2O3. The second-order valence-corrected chi connectivity index (χ2v) is 14.4. The molecular weight excluding hydrogens is 543 g/mol. The van der Waals surface area contributed by atoms with Gasteiger partial charge in [0.1, 0.15) is 6.10 Å². The van der Waals surface area contributed by atoms with Crippen LogP contribution in [0.2, 0.25) is 0 Å². The van der Waals surface area contributed by atoms with Crippen molar-refractivity contribution in [1.82, 2.24) is 5.32 Å². The van der Waals surface area contributed by atoms with E-state index in [0.29, 0.717) is 35.6 Å². The summed E-state index contributed by atoms with van der Waals surface area (Å²) >= 11 is 11.9. The zero-order chi connectivity index (χ0) is 28.5. The molecule has 4 fully saturated rings. The van der Waals surface area contributed by atoms with Crippen molar-refractivity contribution in [2.75, 3.05) is 29.7 Å². The van der Waals surface area contributed by atoms with E-state index in [0.717, 1.165) is 67.8 Å². The number of benzene rings is 1. The Balaban J connectivity index is 1.16. The third-order valence-corrected chi connectivity index (χ3v) is 12.0. The van der Waals surface area contributed by atoms with Crippen molar-refractivity contribution in [1.29, 1.82) is 0 Å². The summed E-state index contributed by atoms with van der Waals surface area (Å²) in [4.78, 5) is 27.0. The molecule has 1 amide bonds. The van der Waals surface area contributed by atoms with E-state index >= 15 is 0 Å². The molecule has 1 aromatic carbocycles. The summed E-state index contributed by atoms with van der Waals surface area (Å²) < 4.78 is 6.09. The summed E-state index contributed by atoms with van der Waals surface area (Å²) in [6.45, 7) is 8.16. The van der Waals surface area contributed by atoms with Crippen LogP contribution in [0.25, 0.3) is 0 Å². The molecule has 4 aliphatic rings. The van der Waals surface area contributed by atoms with Gasteiger partial charge in [-0.3, -0.25) is 9.59 Å². The van der Waals surface area contributed by atoms with Crippen LogP contribution in [0.5, 0.6) is 0 Å². The molecule has 0 aromatic heterocycles. The van der Waals surface area contributed by atoms with E-state index in [2.05, 4.69) is 24.1 Å². The molecule has 222 valence electrons. The van der Waals surface area contributed by atoms with E-state index in [9.17, 15) is 9.59 Å². The number of esters is 1. The van der Waals surface area contributed by atoms with Gasteiger partial charge in [0.2, 0.25) is 5.91 Å². The summed E-state index contributed by atoms with van der Waals surface area (Å²) in [5, 5.41) is 3.30. The Kier molecular flexibility index (Phi) is 9.31. The van der Waals surface area contributed by atoms with Gasteiger partial charge in [0.15, 0.2) is 0 Å². The second kappa shape index (κ2) is 12.4. The number of nitrogens with one attached hydrogen (secondary N) is 1. The fraction of sp³-hybridized carbons (Fsp3) is 0.758. The molecule has 0 saturated heterocycles. The third-order valence-electron chi connectivity index (χ3n) is 11.7. The molecule has 40 heavy (non-hydrogen) atoms. The number of alkyl halides is 2. The van der Waals surface area contributed by atoms with Crippen LogP contribution in [0.1, 0.15) is 84.1 Å². The molecule has 0 bridgehead atoms. The molecule has 7 heteroatoms. The van der Waals surface area contributed by atoms with Crippen LogP contribution in [0.3, 0.4) is 0 Å². The van der Waals surface area contributed by atoms with Gasteiger partial charge in [0.05, 0.1) is 6.42 Å². The van der Waals surface area contributed by atoms with E-state index in [4.69, 9.17) is 27.9 Å². The number of carbonyl (C=O) groups excluding carboxylic acids is 2. The number of fused-ring (bicyclic) bond motifs is 5. The number of ether oxygens (including phenoxy) is 1. The lowest BCUT2D eigenvalue weighted by Crippen LogP contribution is -2.56. The van der Waals surface area contributed by atoms with Crippen molar-refractivity contribution in [3.05, 3.63) is 29.8 Å². The Morgan fingerprint density at radius 3 is 2.27 bits per heavy atom. The van der Waals surface area contributed by atoms with E-state index in [1.54, 1.807) is 6.92 Å². The van der Waals surface area contributed by atoms with Gasteiger partial charge in [-0.05, 0) is 110 Å². The Morgan fingerprint density at radius 1 is 0.925 bits per heavy atom. The van der Waals surface area contributed by atoms with E-state index in [1.807, 2.05) is 24.3 Å². The van der Waals surface area contributed by atoms with Crippen molar-refractivity contribution in [2.24, 2.45) is 34.5 Å². The molecule has 0 spiro atoms. The summed E-state index contributed by atoms with van der Waals surface area (Å²) in [5.41, 5.74) is 2.64. The van der Waals surface area contributed by atoms with Gasteiger partial charge < -0.3 is 15.0 Å². The molecule has 8 atom stereocenters. The lowest BCUT2D eigenvalue weighted by Gasteiger charge is -2.61. The van der Waals surface area contributed by atoms with Gasteiger partial charge in [0.25, 0.3) is 0 Å². The van der Waals surface area contributed by atoms with Gasteiger partial charge in [-0.1, -0.05) is 26.0 Å².